The van der Waals surface area contributed by atoms with Gasteiger partial charge >= 0.3 is 0 Å². The molecule has 3 nitrogen and oxygen atoms in total. The number of thiophene rings is 1. The first-order chi connectivity index (χ1) is 8.16. The van der Waals surface area contributed by atoms with Crippen molar-refractivity contribution in [1.29, 1.82) is 0 Å². The third kappa shape index (κ3) is 3.03. The van der Waals surface area contributed by atoms with E-state index in [9.17, 15) is 0 Å². The van der Waals surface area contributed by atoms with Crippen molar-refractivity contribution in [2.24, 2.45) is 5.92 Å². The van der Waals surface area contributed by atoms with Crippen LogP contribution in [-0.2, 0) is 0 Å². The predicted molar refractivity (Wildman–Crippen MR) is 72.3 cm³/mol. The van der Waals surface area contributed by atoms with Crippen molar-refractivity contribution in [3.8, 4) is 0 Å². The van der Waals surface area contributed by atoms with Gasteiger partial charge in [-0.25, -0.2) is 9.97 Å². The van der Waals surface area contributed by atoms with Gasteiger partial charge in [-0.1, -0.05) is 19.9 Å². The highest BCUT2D eigenvalue weighted by molar-refractivity contribution is 7.10. The summed E-state index contributed by atoms with van der Waals surface area (Å²) in [4.78, 5) is 9.84. The summed E-state index contributed by atoms with van der Waals surface area (Å²) in [6, 6.07) is 6.47. The van der Waals surface area contributed by atoms with E-state index in [1.165, 1.54) is 4.88 Å². The van der Waals surface area contributed by atoms with E-state index in [-0.39, 0.29) is 0 Å². The number of nitrogens with zero attached hydrogens (tertiary/aromatic N) is 2. The molecule has 0 aromatic carbocycles. The average molecular weight is 247 g/mol. The van der Waals surface area contributed by atoms with Gasteiger partial charge in [-0.3, -0.25) is 0 Å². The molecule has 2 rings (SSSR count). The van der Waals surface area contributed by atoms with Gasteiger partial charge in [0.15, 0.2) is 0 Å². The number of rotatable bonds is 4. The number of anilines is 1. The molecule has 1 unspecified atom stereocenters. The molecule has 0 radical (unpaired) electrons. The molecular weight excluding hydrogens is 230 g/mol. The molecular formula is C13H17N3S. The van der Waals surface area contributed by atoms with Gasteiger partial charge in [-0.15, -0.1) is 11.3 Å². The summed E-state index contributed by atoms with van der Waals surface area (Å²) in [7, 11) is 0. The molecule has 1 N–H and O–H groups in total. The second-order valence-electron chi connectivity index (χ2n) is 4.37. The zero-order valence-electron chi connectivity index (χ0n) is 10.3. The van der Waals surface area contributed by atoms with E-state index < -0.39 is 0 Å². The van der Waals surface area contributed by atoms with Crippen molar-refractivity contribution < 1.29 is 0 Å². The molecule has 0 spiro atoms. The molecule has 0 amide bonds. The van der Waals surface area contributed by atoms with E-state index in [1.54, 1.807) is 17.5 Å². The highest BCUT2D eigenvalue weighted by Gasteiger charge is 2.16. The van der Waals surface area contributed by atoms with E-state index in [0.29, 0.717) is 12.0 Å². The van der Waals surface area contributed by atoms with Gasteiger partial charge in [0.2, 0.25) is 0 Å². The molecule has 2 aromatic rings. The quantitative estimate of drug-likeness (QED) is 0.896. The molecule has 0 saturated heterocycles. The summed E-state index contributed by atoms with van der Waals surface area (Å²) < 4.78 is 0. The third-order valence-electron chi connectivity index (χ3n) is 2.60. The molecule has 2 aromatic heterocycles. The lowest BCUT2D eigenvalue weighted by atomic mass is 10.0. The first-order valence-corrected chi connectivity index (χ1v) is 6.64. The predicted octanol–water partition coefficient (Wildman–Crippen LogP) is 3.66. The Bertz CT molecular complexity index is 465. The Morgan fingerprint density at radius 2 is 2.12 bits per heavy atom. The largest absolute Gasteiger partial charge is 0.362 e. The van der Waals surface area contributed by atoms with E-state index in [4.69, 9.17) is 0 Å². The Labute approximate surface area is 106 Å². The van der Waals surface area contributed by atoms with Gasteiger partial charge in [0, 0.05) is 11.1 Å². The van der Waals surface area contributed by atoms with Crippen molar-refractivity contribution in [3.63, 3.8) is 0 Å². The minimum Gasteiger partial charge on any atom is -0.362 e. The summed E-state index contributed by atoms with van der Waals surface area (Å²) >= 11 is 1.78. The molecule has 90 valence electrons. The molecule has 0 aliphatic rings. The fourth-order valence-corrected chi connectivity index (χ4v) is 2.68. The fourth-order valence-electron chi connectivity index (χ4n) is 1.73. The fraction of sp³-hybridized carbons (Fsp3) is 0.385. The maximum atomic E-state index is 4.39. The summed E-state index contributed by atoms with van der Waals surface area (Å²) in [6.07, 6.45) is 1.79. The van der Waals surface area contributed by atoms with E-state index >= 15 is 0 Å². The van der Waals surface area contributed by atoms with Crippen molar-refractivity contribution in [3.05, 3.63) is 40.5 Å². The summed E-state index contributed by atoms with van der Waals surface area (Å²) in [5.74, 6) is 2.21. The number of aryl methyl sites for hydroxylation is 1. The van der Waals surface area contributed by atoms with Crippen molar-refractivity contribution in [1.82, 2.24) is 9.97 Å². The van der Waals surface area contributed by atoms with Gasteiger partial charge in [0.05, 0.1) is 6.04 Å². The highest BCUT2D eigenvalue weighted by atomic mass is 32.1. The van der Waals surface area contributed by atoms with Crippen LogP contribution in [0.4, 0.5) is 5.82 Å². The normalized spacial score (nSPS) is 12.7. The Balaban J connectivity index is 2.19. The molecule has 1 atom stereocenters. The van der Waals surface area contributed by atoms with Crippen LogP contribution in [0, 0.1) is 12.8 Å². The van der Waals surface area contributed by atoms with Crippen LogP contribution in [0.15, 0.2) is 29.8 Å². The van der Waals surface area contributed by atoms with Gasteiger partial charge < -0.3 is 5.32 Å². The Morgan fingerprint density at radius 1 is 1.29 bits per heavy atom. The van der Waals surface area contributed by atoms with Crippen molar-refractivity contribution >= 4 is 17.2 Å². The minimum absolute atomic E-state index is 0.310. The molecule has 0 aliphatic heterocycles. The lowest BCUT2D eigenvalue weighted by molar-refractivity contribution is 0.551. The first-order valence-electron chi connectivity index (χ1n) is 5.76. The lowest BCUT2D eigenvalue weighted by Gasteiger charge is -2.21. The van der Waals surface area contributed by atoms with Gasteiger partial charge in [-0.05, 0) is 30.4 Å². The van der Waals surface area contributed by atoms with E-state index in [1.807, 2.05) is 13.0 Å². The van der Waals surface area contributed by atoms with Gasteiger partial charge in [0.25, 0.3) is 0 Å². The Hall–Kier alpha value is -1.42. The third-order valence-corrected chi connectivity index (χ3v) is 3.55. The smallest absolute Gasteiger partial charge is 0.130 e. The Morgan fingerprint density at radius 3 is 2.71 bits per heavy atom. The number of hydrogen-bond acceptors (Lipinski definition) is 4. The second kappa shape index (κ2) is 5.27. The standard InChI is InChI=1S/C13H17N3S/c1-9(2)13(11-5-4-8-17-11)16-12-6-7-14-10(3)15-12/h4-9,13H,1-3H3,(H,14,15,16). The van der Waals surface area contributed by atoms with Crippen molar-refractivity contribution in [2.45, 2.75) is 26.8 Å². The zero-order chi connectivity index (χ0) is 12.3. The Kier molecular flexibility index (Phi) is 3.74. The van der Waals surface area contributed by atoms with Crippen LogP contribution >= 0.6 is 11.3 Å². The van der Waals surface area contributed by atoms with E-state index in [0.717, 1.165) is 11.6 Å². The maximum absolute atomic E-state index is 4.39. The number of aromatic nitrogens is 2. The molecule has 2 heterocycles. The van der Waals surface area contributed by atoms with Crippen LogP contribution in [0.1, 0.15) is 30.6 Å². The number of hydrogen-bond donors (Lipinski definition) is 1. The molecule has 4 heteroatoms. The van der Waals surface area contributed by atoms with Crippen LogP contribution in [0.2, 0.25) is 0 Å². The minimum atomic E-state index is 0.310. The van der Waals surface area contributed by atoms with Crippen LogP contribution in [0.3, 0.4) is 0 Å². The van der Waals surface area contributed by atoms with E-state index in [2.05, 4.69) is 46.6 Å². The van der Waals surface area contributed by atoms with Crippen LogP contribution in [0.5, 0.6) is 0 Å². The lowest BCUT2D eigenvalue weighted by Crippen LogP contribution is -2.16. The molecule has 0 saturated carbocycles. The SMILES string of the molecule is Cc1nccc(NC(c2cccs2)C(C)C)n1. The average Bonchev–Trinajstić information content (AvgIpc) is 2.78. The topological polar surface area (TPSA) is 37.8 Å². The summed E-state index contributed by atoms with van der Waals surface area (Å²) in [5.41, 5.74) is 0. The molecule has 0 aliphatic carbocycles. The molecule has 0 fully saturated rings. The van der Waals surface area contributed by atoms with Gasteiger partial charge in [0.1, 0.15) is 11.6 Å². The van der Waals surface area contributed by atoms with Crippen LogP contribution in [-0.4, -0.2) is 9.97 Å². The molecule has 17 heavy (non-hydrogen) atoms. The first kappa shape index (κ1) is 12.0. The second-order valence-corrected chi connectivity index (χ2v) is 5.35. The monoisotopic (exact) mass is 247 g/mol. The number of nitrogens with one attached hydrogen (secondary N) is 1. The maximum Gasteiger partial charge on any atom is 0.130 e. The van der Waals surface area contributed by atoms with Crippen LogP contribution < -0.4 is 5.32 Å². The highest BCUT2D eigenvalue weighted by Crippen LogP contribution is 2.28. The van der Waals surface area contributed by atoms with Crippen LogP contribution in [0.25, 0.3) is 0 Å². The molecule has 0 bridgehead atoms. The zero-order valence-corrected chi connectivity index (χ0v) is 11.2. The van der Waals surface area contributed by atoms with Crippen molar-refractivity contribution in [2.75, 3.05) is 5.32 Å². The van der Waals surface area contributed by atoms with Gasteiger partial charge in [-0.2, -0.15) is 0 Å². The summed E-state index contributed by atoms with van der Waals surface area (Å²) in [5, 5.41) is 5.59. The summed E-state index contributed by atoms with van der Waals surface area (Å²) in [6.45, 7) is 6.33.